The summed E-state index contributed by atoms with van der Waals surface area (Å²) in [5.74, 6) is -0.255. The van der Waals surface area contributed by atoms with Gasteiger partial charge < -0.3 is 0 Å². The van der Waals surface area contributed by atoms with Gasteiger partial charge in [-0.2, -0.15) is 0 Å². The number of aromatic nitrogens is 1. The lowest BCUT2D eigenvalue weighted by Crippen LogP contribution is -1.90. The number of nitrogens with zero attached hydrogens (tertiary/aromatic N) is 1. The molecule has 0 spiro atoms. The van der Waals surface area contributed by atoms with Crippen molar-refractivity contribution in [2.45, 2.75) is 0 Å². The molecule has 0 saturated carbocycles. The van der Waals surface area contributed by atoms with Crippen LogP contribution in [0.25, 0.3) is 22.0 Å². The molecule has 0 amide bonds. The van der Waals surface area contributed by atoms with Gasteiger partial charge in [0.1, 0.15) is 5.69 Å². The van der Waals surface area contributed by atoms with Crippen LogP contribution in [0.1, 0.15) is 0 Å². The average molecular weight is 222 g/mol. The fourth-order valence-corrected chi connectivity index (χ4v) is 1.93. The summed E-state index contributed by atoms with van der Waals surface area (Å²) < 4.78 is 14.3. The number of pyridine rings is 1. The molecule has 82 valence electrons. The van der Waals surface area contributed by atoms with E-state index in [-0.39, 0.29) is 5.82 Å². The molecule has 0 aliphatic carbocycles. The molecule has 0 atom stereocenters. The van der Waals surface area contributed by atoms with Gasteiger partial charge in [0, 0.05) is 22.5 Å². The Morgan fingerprint density at radius 3 is 2.35 bits per heavy atom. The van der Waals surface area contributed by atoms with Crippen molar-refractivity contribution in [3.63, 3.8) is 0 Å². The highest BCUT2D eigenvalue weighted by Gasteiger charge is 2.09. The molecule has 2 aromatic carbocycles. The van der Waals surface area contributed by atoms with Crippen LogP contribution >= 0.6 is 0 Å². The molecule has 0 N–H and O–H groups in total. The lowest BCUT2D eigenvalue weighted by Gasteiger charge is -2.05. The number of hydrogen-bond donors (Lipinski definition) is 0. The molecule has 3 aromatic rings. The van der Waals surface area contributed by atoms with E-state index in [1.165, 1.54) is 0 Å². The van der Waals surface area contributed by atoms with Crippen molar-refractivity contribution >= 4 is 10.8 Å². The molecule has 3 rings (SSSR count). The van der Waals surface area contributed by atoms with Gasteiger partial charge in [-0.15, -0.1) is 0 Å². The van der Waals surface area contributed by atoms with Crippen LogP contribution < -0.4 is 0 Å². The molecule has 1 aromatic heterocycles. The first kappa shape index (κ1) is 9.97. The average Bonchev–Trinajstić information content (AvgIpc) is 2.40. The van der Waals surface area contributed by atoms with E-state index in [1.54, 1.807) is 12.3 Å². The predicted octanol–water partition coefficient (Wildman–Crippen LogP) is 4.04. The lowest BCUT2D eigenvalue weighted by molar-refractivity contribution is 0.638. The van der Waals surface area contributed by atoms with Crippen LogP contribution in [-0.4, -0.2) is 4.98 Å². The molecule has 1 heterocycles. The molecule has 0 saturated heterocycles. The van der Waals surface area contributed by atoms with Crippen molar-refractivity contribution in [2.75, 3.05) is 0 Å². The summed E-state index contributed by atoms with van der Waals surface area (Å²) in [4.78, 5) is 4.20. The summed E-state index contributed by atoms with van der Waals surface area (Å²) in [6.07, 6.45) is 1.71. The second-order valence-electron chi connectivity index (χ2n) is 3.87. The lowest BCUT2D eigenvalue weighted by atomic mass is 10.1. The van der Waals surface area contributed by atoms with Crippen molar-refractivity contribution in [2.24, 2.45) is 0 Å². The highest BCUT2D eigenvalue weighted by atomic mass is 18.2. The maximum atomic E-state index is 14.3. The van der Waals surface area contributed by atoms with Crippen LogP contribution in [0.3, 0.4) is 0 Å². The second kappa shape index (κ2) is 3.98. The van der Waals surface area contributed by atoms with Gasteiger partial charge in [0.2, 0.25) is 0 Å². The van der Waals surface area contributed by atoms with Crippen molar-refractivity contribution in [3.8, 4) is 11.3 Å². The fraction of sp³-hybridized carbons (Fsp3) is 0. The number of rotatable bonds is 1. The Balaban J connectivity index is 2.29. The Labute approximate surface area is 98.6 Å². The van der Waals surface area contributed by atoms with Crippen molar-refractivity contribution < 1.29 is 4.39 Å². The summed E-state index contributed by atoms with van der Waals surface area (Å²) in [5, 5.41) is 1.44. The van der Waals surface area contributed by atoms with E-state index in [9.17, 15) is 4.39 Å². The standard InChI is InChI=1S/C15H10FN/c16-14-13-9-5-4-8-12(13)10-17-15(14)11-6-2-1-3-7-11/h1-10H/i16-1. The maximum Gasteiger partial charge on any atom is 0.157 e. The van der Waals surface area contributed by atoms with Crippen LogP contribution in [0.2, 0.25) is 0 Å². The normalized spacial score (nSPS) is 10.6. The summed E-state index contributed by atoms with van der Waals surface area (Å²) in [6, 6.07) is 16.7. The monoisotopic (exact) mass is 222 g/mol. The van der Waals surface area contributed by atoms with Gasteiger partial charge in [-0.3, -0.25) is 4.98 Å². The van der Waals surface area contributed by atoms with Gasteiger partial charge in [0.05, 0.1) is 0 Å². The summed E-state index contributed by atoms with van der Waals surface area (Å²) in [6.45, 7) is 0. The third-order valence-electron chi connectivity index (χ3n) is 2.79. The van der Waals surface area contributed by atoms with E-state index in [0.29, 0.717) is 11.1 Å². The zero-order valence-electron chi connectivity index (χ0n) is 9.10. The maximum absolute atomic E-state index is 14.3. The Hall–Kier alpha value is -2.22. The minimum Gasteiger partial charge on any atom is -0.252 e. The largest absolute Gasteiger partial charge is 0.252 e. The van der Waals surface area contributed by atoms with E-state index >= 15 is 0 Å². The van der Waals surface area contributed by atoms with E-state index in [4.69, 9.17) is 0 Å². The molecule has 0 unspecified atom stereocenters. The molecular formula is C15H10FN. The smallest absolute Gasteiger partial charge is 0.157 e. The van der Waals surface area contributed by atoms with Crippen LogP contribution in [0.5, 0.6) is 0 Å². The summed E-state index contributed by atoms with van der Waals surface area (Å²) >= 11 is 0. The third-order valence-corrected chi connectivity index (χ3v) is 2.79. The first-order valence-electron chi connectivity index (χ1n) is 5.45. The van der Waals surface area contributed by atoms with Gasteiger partial charge in [0.15, 0.2) is 5.82 Å². The van der Waals surface area contributed by atoms with Crippen LogP contribution in [-0.2, 0) is 0 Å². The SMILES string of the molecule is [18F]c1c(-c2ccccc2)ncc2ccccc12. The molecule has 0 aliphatic heterocycles. The summed E-state index contributed by atoms with van der Waals surface area (Å²) in [5.41, 5.74) is 1.21. The number of hydrogen-bond acceptors (Lipinski definition) is 1. The minimum absolute atomic E-state index is 0.255. The third kappa shape index (κ3) is 1.68. The zero-order chi connectivity index (χ0) is 11.7. The molecule has 0 radical (unpaired) electrons. The van der Waals surface area contributed by atoms with Gasteiger partial charge in [-0.05, 0) is 0 Å². The quantitative estimate of drug-likeness (QED) is 0.605. The molecule has 0 fully saturated rings. The van der Waals surface area contributed by atoms with Gasteiger partial charge in [0.25, 0.3) is 0 Å². The molecule has 2 heteroatoms. The van der Waals surface area contributed by atoms with Crippen LogP contribution in [0, 0.1) is 5.82 Å². The van der Waals surface area contributed by atoms with Crippen molar-refractivity contribution in [1.29, 1.82) is 0 Å². The summed E-state index contributed by atoms with van der Waals surface area (Å²) in [7, 11) is 0. The molecule has 17 heavy (non-hydrogen) atoms. The van der Waals surface area contributed by atoms with Gasteiger partial charge in [-0.1, -0.05) is 54.6 Å². The van der Waals surface area contributed by atoms with E-state index in [0.717, 1.165) is 10.9 Å². The molecule has 1 nitrogen and oxygen atoms in total. The van der Waals surface area contributed by atoms with Crippen LogP contribution in [0.15, 0.2) is 60.8 Å². The first-order valence-corrected chi connectivity index (χ1v) is 5.45. The highest BCUT2D eigenvalue weighted by Crippen LogP contribution is 2.26. The molecule has 0 aliphatic rings. The zero-order valence-corrected chi connectivity index (χ0v) is 9.10. The first-order chi connectivity index (χ1) is 8.36. The Morgan fingerprint density at radius 1 is 0.824 bits per heavy atom. The van der Waals surface area contributed by atoms with Gasteiger partial charge in [-0.25, -0.2) is 4.39 Å². The Kier molecular flexibility index (Phi) is 2.33. The number of benzene rings is 2. The van der Waals surface area contributed by atoms with Crippen LogP contribution in [0.4, 0.5) is 4.39 Å². The van der Waals surface area contributed by atoms with E-state index in [2.05, 4.69) is 4.98 Å². The second-order valence-corrected chi connectivity index (χ2v) is 3.87. The number of halogens is 1. The minimum atomic E-state index is -0.255. The fourth-order valence-electron chi connectivity index (χ4n) is 1.93. The Morgan fingerprint density at radius 2 is 1.53 bits per heavy atom. The Bertz CT molecular complexity index is 662. The highest BCUT2D eigenvalue weighted by molar-refractivity contribution is 5.85. The topological polar surface area (TPSA) is 12.9 Å². The van der Waals surface area contributed by atoms with Crippen molar-refractivity contribution in [1.82, 2.24) is 4.98 Å². The molecule has 0 bridgehead atoms. The molecular weight excluding hydrogens is 212 g/mol. The van der Waals surface area contributed by atoms with Gasteiger partial charge >= 0.3 is 0 Å². The van der Waals surface area contributed by atoms with E-state index < -0.39 is 0 Å². The number of fused-ring (bicyclic) bond motifs is 1. The van der Waals surface area contributed by atoms with E-state index in [1.807, 2.05) is 48.5 Å². The predicted molar refractivity (Wildman–Crippen MR) is 67.1 cm³/mol. The van der Waals surface area contributed by atoms with Crippen molar-refractivity contribution in [3.05, 3.63) is 66.6 Å².